The van der Waals surface area contributed by atoms with Crippen molar-refractivity contribution in [3.8, 4) is 23.0 Å². The Hall–Kier alpha value is -6.30. The molecule has 0 fully saturated rings. The summed E-state index contributed by atoms with van der Waals surface area (Å²) in [5.74, 6) is 0.179. The van der Waals surface area contributed by atoms with E-state index in [4.69, 9.17) is 18.9 Å². The third kappa shape index (κ3) is 11.5. The quantitative estimate of drug-likeness (QED) is 0.0509. The smallest absolute Gasteiger partial charge is 0.343 e. The molecule has 0 radical (unpaired) electrons. The van der Waals surface area contributed by atoms with Crippen LogP contribution in [0.25, 0.3) is 0 Å². The molecule has 0 heterocycles. The van der Waals surface area contributed by atoms with E-state index in [1.807, 2.05) is 0 Å². The Kier molecular flexibility index (Phi) is 13.6. The zero-order valence-electron chi connectivity index (χ0n) is 27.1. The number of benzene rings is 4. The molecule has 0 unspecified atom stereocenters. The Balaban J connectivity index is 1.14. The number of amides is 2. The molecule has 0 aliphatic heterocycles. The van der Waals surface area contributed by atoms with Gasteiger partial charge >= 0.3 is 11.9 Å². The molecule has 0 aromatic heterocycles. The van der Waals surface area contributed by atoms with Crippen LogP contribution in [0.1, 0.15) is 63.9 Å². The van der Waals surface area contributed by atoms with E-state index in [2.05, 4.69) is 21.1 Å². The summed E-state index contributed by atoms with van der Waals surface area (Å²) in [6.45, 7) is 0. The van der Waals surface area contributed by atoms with Crippen LogP contribution in [-0.4, -0.2) is 50.4 Å². The largest absolute Gasteiger partial charge is 0.497 e. The standard InChI is InChI=1S/C37H36N4O8/c1-46-30-20-16-26(17-21-30)36(44)48-32-12-8-6-10-28(32)24-38-40-34(42)14-4-3-5-15-35(43)41-39-25-29-11-7-9-13-33(29)49-37(45)27-18-22-31(47-2)23-19-27/h6-13,16-25H,3-5,14-15H2,1-2H3,(H,40,42)(H,41,43). The average molecular weight is 665 g/mol. The lowest BCUT2D eigenvalue weighted by atomic mass is 10.1. The van der Waals surface area contributed by atoms with E-state index in [0.717, 1.165) is 0 Å². The van der Waals surface area contributed by atoms with Gasteiger partial charge in [0.1, 0.15) is 23.0 Å². The zero-order valence-corrected chi connectivity index (χ0v) is 27.1. The number of unbranched alkanes of at least 4 members (excludes halogenated alkanes) is 2. The molecular weight excluding hydrogens is 628 g/mol. The van der Waals surface area contributed by atoms with Crippen LogP contribution in [0, 0.1) is 0 Å². The van der Waals surface area contributed by atoms with Crippen molar-refractivity contribution in [2.24, 2.45) is 10.2 Å². The highest BCUT2D eigenvalue weighted by molar-refractivity contribution is 5.94. The number of carbonyl (C=O) groups excluding carboxylic acids is 4. The number of carbonyl (C=O) groups is 4. The Bertz CT molecular complexity index is 1660. The lowest BCUT2D eigenvalue weighted by molar-refractivity contribution is -0.121. The number of ether oxygens (including phenoxy) is 4. The van der Waals surface area contributed by atoms with Crippen LogP contribution in [0.5, 0.6) is 23.0 Å². The van der Waals surface area contributed by atoms with Crippen molar-refractivity contribution in [2.75, 3.05) is 14.2 Å². The van der Waals surface area contributed by atoms with Gasteiger partial charge in [-0.3, -0.25) is 9.59 Å². The molecule has 12 nitrogen and oxygen atoms in total. The predicted octanol–water partition coefficient (Wildman–Crippen LogP) is 5.69. The van der Waals surface area contributed by atoms with Gasteiger partial charge in [0.2, 0.25) is 11.8 Å². The molecule has 0 aliphatic rings. The van der Waals surface area contributed by atoms with Crippen molar-refractivity contribution >= 4 is 36.2 Å². The number of rotatable bonds is 16. The number of nitrogens with one attached hydrogen (secondary N) is 2. The van der Waals surface area contributed by atoms with Crippen molar-refractivity contribution in [3.05, 3.63) is 119 Å². The number of methoxy groups -OCH3 is 2. The van der Waals surface area contributed by atoms with Crippen molar-refractivity contribution in [2.45, 2.75) is 32.1 Å². The topological polar surface area (TPSA) is 154 Å². The summed E-state index contributed by atoms with van der Waals surface area (Å²) in [5.41, 5.74) is 6.68. The molecule has 49 heavy (non-hydrogen) atoms. The van der Waals surface area contributed by atoms with Gasteiger partial charge in [0.25, 0.3) is 0 Å². The van der Waals surface area contributed by atoms with E-state index in [0.29, 0.717) is 64.5 Å². The normalized spacial score (nSPS) is 10.8. The Morgan fingerprint density at radius 1 is 0.551 bits per heavy atom. The molecule has 2 N–H and O–H groups in total. The van der Waals surface area contributed by atoms with Crippen LogP contribution in [0.3, 0.4) is 0 Å². The van der Waals surface area contributed by atoms with Crippen LogP contribution < -0.4 is 29.8 Å². The molecule has 0 aliphatic carbocycles. The zero-order chi connectivity index (χ0) is 34.8. The minimum atomic E-state index is -0.540. The molecule has 0 spiro atoms. The molecule has 4 rings (SSSR count). The van der Waals surface area contributed by atoms with Gasteiger partial charge < -0.3 is 18.9 Å². The maximum absolute atomic E-state index is 12.5. The molecule has 12 heteroatoms. The van der Waals surface area contributed by atoms with Crippen molar-refractivity contribution in [1.82, 2.24) is 10.9 Å². The Morgan fingerprint density at radius 3 is 1.33 bits per heavy atom. The number of para-hydroxylation sites is 2. The number of hydrogen-bond acceptors (Lipinski definition) is 10. The first-order chi connectivity index (χ1) is 23.9. The molecule has 2 amide bonds. The van der Waals surface area contributed by atoms with Crippen molar-refractivity contribution in [1.29, 1.82) is 0 Å². The van der Waals surface area contributed by atoms with Crippen LogP contribution in [-0.2, 0) is 9.59 Å². The molecule has 4 aromatic rings. The first-order valence-corrected chi connectivity index (χ1v) is 15.4. The Morgan fingerprint density at radius 2 is 0.939 bits per heavy atom. The monoisotopic (exact) mass is 664 g/mol. The highest BCUT2D eigenvalue weighted by Crippen LogP contribution is 2.20. The first-order valence-electron chi connectivity index (χ1n) is 15.4. The van der Waals surface area contributed by atoms with Gasteiger partial charge in [-0.25, -0.2) is 20.4 Å². The molecular formula is C37H36N4O8. The molecule has 0 saturated heterocycles. The van der Waals surface area contributed by atoms with Crippen LogP contribution in [0.2, 0.25) is 0 Å². The highest BCUT2D eigenvalue weighted by Gasteiger charge is 2.13. The average Bonchev–Trinajstić information content (AvgIpc) is 3.13. The summed E-state index contributed by atoms with van der Waals surface area (Å²) < 4.78 is 21.2. The number of hydrazone groups is 2. The summed E-state index contributed by atoms with van der Waals surface area (Å²) >= 11 is 0. The van der Waals surface area contributed by atoms with Crippen LogP contribution in [0.15, 0.2) is 107 Å². The molecule has 252 valence electrons. The fourth-order valence-electron chi connectivity index (χ4n) is 4.34. The van der Waals surface area contributed by atoms with E-state index in [1.54, 1.807) is 111 Å². The SMILES string of the molecule is COc1ccc(C(=O)Oc2ccccc2C=NNC(=O)CCCCCC(=O)NN=Cc2ccccc2OC(=O)c2ccc(OC)cc2)cc1. The summed E-state index contributed by atoms with van der Waals surface area (Å²) in [5, 5.41) is 7.98. The second-order valence-electron chi connectivity index (χ2n) is 10.5. The van der Waals surface area contributed by atoms with E-state index < -0.39 is 11.9 Å². The number of nitrogens with zero attached hydrogens (tertiary/aromatic N) is 2. The molecule has 0 atom stereocenters. The summed E-state index contributed by atoms with van der Waals surface area (Å²) in [7, 11) is 3.08. The van der Waals surface area contributed by atoms with Crippen molar-refractivity contribution in [3.63, 3.8) is 0 Å². The first kappa shape index (κ1) is 35.6. The van der Waals surface area contributed by atoms with Gasteiger partial charge in [0.15, 0.2) is 0 Å². The van der Waals surface area contributed by atoms with Gasteiger partial charge in [-0.15, -0.1) is 0 Å². The lowest BCUT2D eigenvalue weighted by Gasteiger charge is -2.08. The second-order valence-corrected chi connectivity index (χ2v) is 10.5. The highest BCUT2D eigenvalue weighted by atomic mass is 16.5. The van der Waals surface area contributed by atoms with Gasteiger partial charge in [-0.2, -0.15) is 10.2 Å². The second kappa shape index (κ2) is 18.7. The van der Waals surface area contributed by atoms with Gasteiger partial charge in [0, 0.05) is 24.0 Å². The predicted molar refractivity (Wildman–Crippen MR) is 183 cm³/mol. The Labute approximate surface area is 283 Å². The number of hydrogen-bond donors (Lipinski definition) is 2. The third-order valence-corrected chi connectivity index (χ3v) is 6.99. The maximum Gasteiger partial charge on any atom is 0.343 e. The van der Waals surface area contributed by atoms with Gasteiger partial charge in [-0.05, 0) is 85.6 Å². The third-order valence-electron chi connectivity index (χ3n) is 6.99. The van der Waals surface area contributed by atoms with E-state index in [-0.39, 0.29) is 24.7 Å². The minimum absolute atomic E-state index is 0.219. The molecule has 0 bridgehead atoms. The molecule has 0 saturated carbocycles. The van der Waals surface area contributed by atoms with Crippen molar-refractivity contribution < 1.29 is 38.1 Å². The fourth-order valence-corrected chi connectivity index (χ4v) is 4.34. The maximum atomic E-state index is 12.5. The number of esters is 2. The summed E-state index contributed by atoms with van der Waals surface area (Å²) in [6.07, 6.45) is 5.00. The fraction of sp³-hybridized carbons (Fsp3) is 0.189. The lowest BCUT2D eigenvalue weighted by Crippen LogP contribution is -2.18. The summed E-state index contributed by atoms with van der Waals surface area (Å²) in [6, 6.07) is 26.7. The minimum Gasteiger partial charge on any atom is -0.497 e. The van der Waals surface area contributed by atoms with Gasteiger partial charge in [0.05, 0.1) is 37.8 Å². The van der Waals surface area contributed by atoms with E-state index in [1.165, 1.54) is 12.4 Å². The van der Waals surface area contributed by atoms with Crippen LogP contribution in [0.4, 0.5) is 0 Å². The summed E-state index contributed by atoms with van der Waals surface area (Å²) in [4.78, 5) is 49.6. The van der Waals surface area contributed by atoms with E-state index >= 15 is 0 Å². The van der Waals surface area contributed by atoms with Crippen LogP contribution >= 0.6 is 0 Å². The van der Waals surface area contributed by atoms with E-state index in [9.17, 15) is 19.2 Å². The molecule has 4 aromatic carbocycles. The van der Waals surface area contributed by atoms with Gasteiger partial charge in [-0.1, -0.05) is 30.7 Å².